The summed E-state index contributed by atoms with van der Waals surface area (Å²) in [7, 11) is 0. The summed E-state index contributed by atoms with van der Waals surface area (Å²) in [6.07, 6.45) is -1.88. The smallest absolute Gasteiger partial charge is 0.355 e. The standard InChI is InChI=1S/C11H15F3N4S/c1-19-10-16-8(11(12,13)14)7-9(17-10)18-5-2-3-15-4-6-18/h7,15H,2-6H2,1H3. The topological polar surface area (TPSA) is 41.1 Å². The molecule has 2 heterocycles. The number of nitrogens with zero attached hydrogens (tertiary/aromatic N) is 3. The zero-order valence-electron chi connectivity index (χ0n) is 10.5. The molecule has 19 heavy (non-hydrogen) atoms. The Balaban J connectivity index is 2.33. The van der Waals surface area contributed by atoms with Gasteiger partial charge < -0.3 is 10.2 Å². The van der Waals surface area contributed by atoms with Crippen LogP contribution < -0.4 is 10.2 Å². The number of rotatable bonds is 2. The molecular formula is C11H15F3N4S. The van der Waals surface area contributed by atoms with E-state index in [1.165, 1.54) is 0 Å². The van der Waals surface area contributed by atoms with Gasteiger partial charge in [-0.1, -0.05) is 11.8 Å². The molecule has 2 rings (SSSR count). The SMILES string of the molecule is CSc1nc(N2CCCNCC2)cc(C(F)(F)F)n1. The van der Waals surface area contributed by atoms with Gasteiger partial charge in [0.05, 0.1) is 0 Å². The molecule has 0 radical (unpaired) electrons. The van der Waals surface area contributed by atoms with Crippen LogP contribution in [0.5, 0.6) is 0 Å². The molecule has 1 aromatic rings. The highest BCUT2D eigenvalue weighted by Crippen LogP contribution is 2.31. The van der Waals surface area contributed by atoms with Gasteiger partial charge in [0.2, 0.25) is 0 Å². The number of hydrogen-bond donors (Lipinski definition) is 1. The average molecular weight is 292 g/mol. The van der Waals surface area contributed by atoms with Crippen LogP contribution in [0.15, 0.2) is 11.2 Å². The van der Waals surface area contributed by atoms with Crippen LogP contribution in [0.2, 0.25) is 0 Å². The molecule has 1 aliphatic heterocycles. The molecule has 0 aromatic carbocycles. The minimum atomic E-state index is -4.44. The Morgan fingerprint density at radius 1 is 1.26 bits per heavy atom. The van der Waals surface area contributed by atoms with Crippen LogP contribution in [-0.2, 0) is 6.18 Å². The van der Waals surface area contributed by atoms with Crippen molar-refractivity contribution in [2.45, 2.75) is 17.8 Å². The van der Waals surface area contributed by atoms with E-state index in [4.69, 9.17) is 0 Å². The summed E-state index contributed by atoms with van der Waals surface area (Å²) in [5, 5.41) is 3.36. The van der Waals surface area contributed by atoms with E-state index in [0.717, 1.165) is 37.3 Å². The number of thioether (sulfide) groups is 1. The predicted octanol–water partition coefficient (Wildman–Crippen LogP) is 2.02. The molecule has 8 heteroatoms. The summed E-state index contributed by atoms with van der Waals surface area (Å²) in [5.74, 6) is 0.357. The van der Waals surface area contributed by atoms with Crippen molar-refractivity contribution in [3.05, 3.63) is 11.8 Å². The molecule has 4 nitrogen and oxygen atoms in total. The van der Waals surface area contributed by atoms with Gasteiger partial charge in [0.1, 0.15) is 5.82 Å². The fourth-order valence-corrected chi connectivity index (χ4v) is 2.26. The first-order chi connectivity index (χ1) is 9.00. The summed E-state index contributed by atoms with van der Waals surface area (Å²) in [4.78, 5) is 9.58. The van der Waals surface area contributed by atoms with Gasteiger partial charge in [0.25, 0.3) is 0 Å². The Morgan fingerprint density at radius 3 is 2.74 bits per heavy atom. The van der Waals surface area contributed by atoms with Crippen molar-refractivity contribution in [3.8, 4) is 0 Å². The molecule has 0 amide bonds. The normalized spacial score (nSPS) is 17.4. The lowest BCUT2D eigenvalue weighted by Gasteiger charge is -2.22. The van der Waals surface area contributed by atoms with Gasteiger partial charge in [0, 0.05) is 25.7 Å². The van der Waals surface area contributed by atoms with Crippen LogP contribution in [0.3, 0.4) is 0 Å². The van der Waals surface area contributed by atoms with Crippen molar-refractivity contribution in [2.24, 2.45) is 0 Å². The Bertz CT molecular complexity index is 430. The number of anilines is 1. The van der Waals surface area contributed by atoms with Crippen molar-refractivity contribution < 1.29 is 13.2 Å². The fraction of sp³-hybridized carbons (Fsp3) is 0.636. The zero-order valence-corrected chi connectivity index (χ0v) is 11.3. The summed E-state index contributed by atoms with van der Waals surface area (Å²) in [6, 6.07) is 1.03. The van der Waals surface area contributed by atoms with Crippen LogP contribution in [0.25, 0.3) is 0 Å². The Hall–Kier alpha value is -1.02. The lowest BCUT2D eigenvalue weighted by molar-refractivity contribution is -0.141. The molecule has 0 spiro atoms. The number of hydrogen-bond acceptors (Lipinski definition) is 5. The third-order valence-electron chi connectivity index (χ3n) is 2.83. The summed E-state index contributed by atoms with van der Waals surface area (Å²) in [5.41, 5.74) is -0.876. The molecule has 1 fully saturated rings. The van der Waals surface area contributed by atoms with Gasteiger partial charge in [-0.2, -0.15) is 13.2 Å². The molecule has 1 aromatic heterocycles. The minimum absolute atomic E-state index is 0.155. The second-order valence-electron chi connectivity index (χ2n) is 4.19. The van der Waals surface area contributed by atoms with E-state index >= 15 is 0 Å². The van der Waals surface area contributed by atoms with Crippen molar-refractivity contribution in [1.82, 2.24) is 15.3 Å². The van der Waals surface area contributed by atoms with E-state index in [1.54, 1.807) is 6.26 Å². The van der Waals surface area contributed by atoms with E-state index in [1.807, 2.05) is 4.90 Å². The van der Waals surface area contributed by atoms with Crippen molar-refractivity contribution in [3.63, 3.8) is 0 Å². The van der Waals surface area contributed by atoms with E-state index in [9.17, 15) is 13.2 Å². The molecular weight excluding hydrogens is 277 g/mol. The van der Waals surface area contributed by atoms with Gasteiger partial charge >= 0.3 is 6.18 Å². The molecule has 106 valence electrons. The van der Waals surface area contributed by atoms with Gasteiger partial charge in [-0.3, -0.25) is 0 Å². The highest BCUT2D eigenvalue weighted by molar-refractivity contribution is 7.98. The van der Waals surface area contributed by atoms with Crippen LogP contribution >= 0.6 is 11.8 Å². The first kappa shape index (κ1) is 14.4. The largest absolute Gasteiger partial charge is 0.433 e. The minimum Gasteiger partial charge on any atom is -0.355 e. The van der Waals surface area contributed by atoms with Crippen molar-refractivity contribution in [2.75, 3.05) is 37.3 Å². The number of nitrogens with one attached hydrogen (secondary N) is 1. The number of alkyl halides is 3. The maximum absolute atomic E-state index is 12.8. The number of aromatic nitrogens is 2. The first-order valence-corrected chi connectivity index (χ1v) is 7.19. The van der Waals surface area contributed by atoms with E-state index in [2.05, 4.69) is 15.3 Å². The second-order valence-corrected chi connectivity index (χ2v) is 4.96. The summed E-state index contributed by atoms with van der Waals surface area (Å²) in [6.45, 7) is 2.99. The van der Waals surface area contributed by atoms with E-state index < -0.39 is 11.9 Å². The lowest BCUT2D eigenvalue weighted by Crippen LogP contribution is -2.29. The van der Waals surface area contributed by atoms with Crippen molar-refractivity contribution >= 4 is 17.6 Å². The van der Waals surface area contributed by atoms with Gasteiger partial charge in [0.15, 0.2) is 10.9 Å². The predicted molar refractivity (Wildman–Crippen MR) is 68.5 cm³/mol. The third kappa shape index (κ3) is 3.73. The van der Waals surface area contributed by atoms with Crippen molar-refractivity contribution in [1.29, 1.82) is 0 Å². The molecule has 0 saturated carbocycles. The average Bonchev–Trinajstić information content (AvgIpc) is 2.66. The molecule has 1 saturated heterocycles. The molecule has 0 bridgehead atoms. The van der Waals surface area contributed by atoms with Crippen LogP contribution in [0, 0.1) is 0 Å². The summed E-state index contributed by atoms with van der Waals surface area (Å²) < 4.78 is 38.4. The zero-order chi connectivity index (χ0) is 13.9. The number of halogens is 3. The van der Waals surface area contributed by atoms with Crippen LogP contribution in [-0.4, -0.2) is 42.4 Å². The fourth-order valence-electron chi connectivity index (χ4n) is 1.89. The Morgan fingerprint density at radius 2 is 2.05 bits per heavy atom. The highest BCUT2D eigenvalue weighted by Gasteiger charge is 2.34. The van der Waals surface area contributed by atoms with Gasteiger partial charge in [-0.05, 0) is 19.2 Å². The van der Waals surface area contributed by atoms with E-state index in [0.29, 0.717) is 18.9 Å². The van der Waals surface area contributed by atoms with Crippen LogP contribution in [0.4, 0.5) is 19.0 Å². The Kier molecular flexibility index (Phi) is 4.51. The van der Waals surface area contributed by atoms with Gasteiger partial charge in [-0.15, -0.1) is 0 Å². The van der Waals surface area contributed by atoms with E-state index in [-0.39, 0.29) is 5.16 Å². The highest BCUT2D eigenvalue weighted by atomic mass is 32.2. The summed E-state index contributed by atoms with van der Waals surface area (Å²) >= 11 is 1.12. The molecule has 0 atom stereocenters. The monoisotopic (exact) mass is 292 g/mol. The molecule has 0 aliphatic carbocycles. The Labute approximate surface area is 113 Å². The quantitative estimate of drug-likeness (QED) is 0.667. The molecule has 1 aliphatic rings. The maximum Gasteiger partial charge on any atom is 0.433 e. The first-order valence-electron chi connectivity index (χ1n) is 5.96. The molecule has 0 unspecified atom stereocenters. The maximum atomic E-state index is 12.8. The van der Waals surface area contributed by atoms with Gasteiger partial charge in [-0.25, -0.2) is 9.97 Å². The van der Waals surface area contributed by atoms with Crippen LogP contribution in [0.1, 0.15) is 12.1 Å². The lowest BCUT2D eigenvalue weighted by atomic mass is 10.3. The third-order valence-corrected chi connectivity index (χ3v) is 3.38. The molecule has 1 N–H and O–H groups in total. The second kappa shape index (κ2) is 5.96.